The van der Waals surface area contributed by atoms with Crippen molar-refractivity contribution in [2.45, 2.75) is 38.5 Å². The van der Waals surface area contributed by atoms with Gasteiger partial charge in [0, 0.05) is 26.7 Å². The summed E-state index contributed by atoms with van der Waals surface area (Å²) in [6.45, 7) is 5.09. The van der Waals surface area contributed by atoms with Crippen molar-refractivity contribution < 1.29 is 28.9 Å². The molecule has 1 amide bonds. The maximum absolute atomic E-state index is 12.2. The van der Waals surface area contributed by atoms with Crippen LogP contribution in [0.4, 0.5) is 0 Å². The lowest BCUT2D eigenvalue weighted by atomic mass is 10.2. The lowest BCUT2D eigenvalue weighted by Gasteiger charge is -2.24. The topological polar surface area (TPSA) is 85.3 Å². The molecule has 1 N–H and O–H groups in total. The molecule has 3 unspecified atom stereocenters. The highest BCUT2D eigenvalue weighted by atomic mass is 16.5. The number of carboxylic acid groups (broad SMARTS) is 1. The molecule has 7 nitrogen and oxygen atoms in total. The van der Waals surface area contributed by atoms with Gasteiger partial charge in [-0.25, -0.2) is 4.79 Å². The van der Waals surface area contributed by atoms with Gasteiger partial charge >= 0.3 is 5.97 Å². The predicted molar refractivity (Wildman–Crippen MR) is 70.5 cm³/mol. The van der Waals surface area contributed by atoms with E-state index in [1.807, 2.05) is 6.92 Å². The first-order chi connectivity index (χ1) is 9.51. The van der Waals surface area contributed by atoms with Crippen molar-refractivity contribution in [3.8, 4) is 0 Å². The quantitative estimate of drug-likeness (QED) is 0.639. The summed E-state index contributed by atoms with van der Waals surface area (Å²) in [7, 11) is 1.51. The molecule has 1 rings (SSSR count). The number of rotatable bonds is 8. The molecular weight excluding hydrogens is 266 g/mol. The minimum absolute atomic E-state index is 0.240. The number of nitrogens with zero attached hydrogens (tertiary/aromatic N) is 1. The van der Waals surface area contributed by atoms with Crippen molar-refractivity contribution in [1.29, 1.82) is 0 Å². The number of hydrogen-bond acceptors (Lipinski definition) is 5. The van der Waals surface area contributed by atoms with E-state index in [0.29, 0.717) is 26.2 Å². The van der Waals surface area contributed by atoms with Crippen LogP contribution in [0.1, 0.15) is 20.3 Å². The summed E-state index contributed by atoms with van der Waals surface area (Å²) in [5.74, 6) is -1.34. The summed E-state index contributed by atoms with van der Waals surface area (Å²) >= 11 is 0. The fraction of sp³-hybridized carbons (Fsp3) is 0.846. The van der Waals surface area contributed by atoms with Crippen LogP contribution in [-0.2, 0) is 23.8 Å². The van der Waals surface area contributed by atoms with Crippen molar-refractivity contribution in [2.24, 2.45) is 0 Å². The van der Waals surface area contributed by atoms with Crippen LogP contribution in [-0.4, -0.2) is 73.6 Å². The van der Waals surface area contributed by atoms with Gasteiger partial charge in [0.15, 0.2) is 0 Å². The Bertz CT molecular complexity index is 335. The van der Waals surface area contributed by atoms with Gasteiger partial charge in [-0.3, -0.25) is 4.79 Å². The molecule has 0 bridgehead atoms. The van der Waals surface area contributed by atoms with Crippen LogP contribution in [0.2, 0.25) is 0 Å². The Morgan fingerprint density at radius 1 is 1.40 bits per heavy atom. The van der Waals surface area contributed by atoms with E-state index in [9.17, 15) is 9.59 Å². The van der Waals surface area contributed by atoms with Gasteiger partial charge in [0.2, 0.25) is 0 Å². The second-order valence-electron chi connectivity index (χ2n) is 4.65. The highest BCUT2D eigenvalue weighted by Gasteiger charge is 2.41. The Morgan fingerprint density at radius 2 is 2.10 bits per heavy atom. The van der Waals surface area contributed by atoms with Crippen LogP contribution in [0.15, 0.2) is 0 Å². The molecule has 0 aliphatic carbocycles. The zero-order chi connectivity index (χ0) is 15.1. The maximum atomic E-state index is 12.2. The van der Waals surface area contributed by atoms with E-state index in [4.69, 9.17) is 19.3 Å². The first-order valence-electron chi connectivity index (χ1n) is 6.76. The van der Waals surface area contributed by atoms with E-state index in [1.54, 1.807) is 6.92 Å². The van der Waals surface area contributed by atoms with Crippen molar-refractivity contribution in [3.05, 3.63) is 0 Å². The second kappa shape index (κ2) is 8.18. The zero-order valence-electron chi connectivity index (χ0n) is 12.2. The Labute approximate surface area is 118 Å². The van der Waals surface area contributed by atoms with E-state index >= 15 is 0 Å². The number of ether oxygens (including phenoxy) is 3. The SMILES string of the molecule is CCOCCOC(C)C(=O)N1CC(OC)CC1C(=O)O. The minimum atomic E-state index is -1.01. The molecule has 0 saturated carbocycles. The third kappa shape index (κ3) is 4.43. The van der Waals surface area contributed by atoms with Gasteiger partial charge in [-0.1, -0.05) is 0 Å². The molecule has 0 spiro atoms. The molecule has 0 aromatic rings. The van der Waals surface area contributed by atoms with Gasteiger partial charge in [-0.05, 0) is 13.8 Å². The first kappa shape index (κ1) is 16.9. The molecule has 7 heteroatoms. The monoisotopic (exact) mass is 289 g/mol. The molecule has 1 heterocycles. The van der Waals surface area contributed by atoms with Crippen LogP contribution in [0.5, 0.6) is 0 Å². The lowest BCUT2D eigenvalue weighted by Crippen LogP contribution is -2.45. The smallest absolute Gasteiger partial charge is 0.326 e. The number of hydrogen-bond donors (Lipinski definition) is 1. The number of likely N-dealkylation sites (tertiary alicyclic amines) is 1. The molecule has 0 radical (unpaired) electrons. The van der Waals surface area contributed by atoms with Crippen LogP contribution in [0.3, 0.4) is 0 Å². The van der Waals surface area contributed by atoms with Gasteiger partial charge < -0.3 is 24.2 Å². The van der Waals surface area contributed by atoms with E-state index < -0.39 is 18.1 Å². The maximum Gasteiger partial charge on any atom is 0.326 e. The Morgan fingerprint density at radius 3 is 2.65 bits per heavy atom. The van der Waals surface area contributed by atoms with Crippen molar-refractivity contribution in [2.75, 3.05) is 33.5 Å². The number of methoxy groups -OCH3 is 1. The Hall–Kier alpha value is -1.18. The van der Waals surface area contributed by atoms with Crippen LogP contribution >= 0.6 is 0 Å². The molecule has 3 atom stereocenters. The molecule has 0 aromatic heterocycles. The highest BCUT2D eigenvalue weighted by molar-refractivity contribution is 5.86. The normalized spacial score (nSPS) is 23.9. The van der Waals surface area contributed by atoms with E-state index in [0.717, 1.165) is 0 Å². The van der Waals surface area contributed by atoms with E-state index in [-0.39, 0.29) is 18.6 Å². The first-order valence-corrected chi connectivity index (χ1v) is 6.76. The summed E-state index contributed by atoms with van der Waals surface area (Å²) in [5, 5.41) is 9.16. The average Bonchev–Trinajstić information content (AvgIpc) is 2.87. The Balaban J connectivity index is 2.53. The number of aliphatic carboxylic acids is 1. The molecule has 20 heavy (non-hydrogen) atoms. The van der Waals surface area contributed by atoms with Crippen LogP contribution in [0.25, 0.3) is 0 Å². The third-order valence-electron chi connectivity index (χ3n) is 3.31. The molecule has 116 valence electrons. The summed E-state index contributed by atoms with van der Waals surface area (Å²) in [5.41, 5.74) is 0. The van der Waals surface area contributed by atoms with Gasteiger partial charge in [-0.2, -0.15) is 0 Å². The fourth-order valence-electron chi connectivity index (χ4n) is 2.18. The number of carbonyl (C=O) groups excluding carboxylic acids is 1. The average molecular weight is 289 g/mol. The number of amides is 1. The molecule has 1 fully saturated rings. The predicted octanol–water partition coefficient (Wildman–Crippen LogP) is 0.129. The summed E-state index contributed by atoms with van der Waals surface area (Å²) < 4.78 is 15.6. The summed E-state index contributed by atoms with van der Waals surface area (Å²) in [4.78, 5) is 24.7. The number of carbonyl (C=O) groups is 2. The highest BCUT2D eigenvalue weighted by Crippen LogP contribution is 2.21. The second-order valence-corrected chi connectivity index (χ2v) is 4.65. The Kier molecular flexibility index (Phi) is 6.90. The fourth-order valence-corrected chi connectivity index (χ4v) is 2.18. The largest absolute Gasteiger partial charge is 0.480 e. The summed E-state index contributed by atoms with van der Waals surface area (Å²) in [6, 6.07) is -0.842. The minimum Gasteiger partial charge on any atom is -0.480 e. The summed E-state index contributed by atoms with van der Waals surface area (Å²) in [6.07, 6.45) is -0.618. The van der Waals surface area contributed by atoms with Gasteiger partial charge in [0.05, 0.1) is 19.3 Å². The zero-order valence-corrected chi connectivity index (χ0v) is 12.2. The van der Waals surface area contributed by atoms with Gasteiger partial charge in [0.1, 0.15) is 12.1 Å². The van der Waals surface area contributed by atoms with E-state index in [1.165, 1.54) is 12.0 Å². The lowest BCUT2D eigenvalue weighted by molar-refractivity contribution is -0.153. The molecular formula is C13H23NO6. The van der Waals surface area contributed by atoms with Crippen molar-refractivity contribution in [3.63, 3.8) is 0 Å². The van der Waals surface area contributed by atoms with Gasteiger partial charge in [-0.15, -0.1) is 0 Å². The van der Waals surface area contributed by atoms with Crippen molar-refractivity contribution >= 4 is 11.9 Å². The van der Waals surface area contributed by atoms with E-state index in [2.05, 4.69) is 0 Å². The van der Waals surface area contributed by atoms with Crippen LogP contribution < -0.4 is 0 Å². The molecule has 1 aliphatic rings. The molecule has 1 aliphatic heterocycles. The molecule has 0 aromatic carbocycles. The van der Waals surface area contributed by atoms with Gasteiger partial charge in [0.25, 0.3) is 5.91 Å². The van der Waals surface area contributed by atoms with Crippen molar-refractivity contribution in [1.82, 2.24) is 4.90 Å². The van der Waals surface area contributed by atoms with Crippen LogP contribution in [0, 0.1) is 0 Å². The third-order valence-corrected chi connectivity index (χ3v) is 3.31. The standard InChI is InChI=1S/C13H23NO6/c1-4-19-5-6-20-9(2)12(15)14-8-10(18-3)7-11(14)13(16)17/h9-11H,4-8H2,1-3H3,(H,16,17). The molecule has 1 saturated heterocycles. The number of carboxylic acids is 1.